The van der Waals surface area contributed by atoms with E-state index in [1.807, 2.05) is 0 Å². The van der Waals surface area contributed by atoms with E-state index in [9.17, 15) is 0 Å². The van der Waals surface area contributed by atoms with Gasteiger partial charge in [-0.2, -0.15) is 0 Å². The Morgan fingerprint density at radius 2 is 2.08 bits per heavy atom. The molecule has 0 aromatic rings. The van der Waals surface area contributed by atoms with Crippen molar-refractivity contribution in [2.75, 3.05) is 6.61 Å². The molecule has 2 heteroatoms. The maximum Gasteiger partial charge on any atom is 0.0825 e. The molecule has 0 radical (unpaired) electrons. The lowest BCUT2D eigenvalue weighted by Crippen LogP contribution is -2.29. The Balaban J connectivity index is 1.87. The fourth-order valence-corrected chi connectivity index (χ4v) is 2.53. The van der Waals surface area contributed by atoms with Gasteiger partial charge in [-0.05, 0) is 5.92 Å². The van der Waals surface area contributed by atoms with E-state index < -0.39 is 0 Å². The summed E-state index contributed by atoms with van der Waals surface area (Å²) in [7, 11) is 0. The molecule has 3 aliphatic rings. The number of nitrogens with two attached hydrogens (primary N) is 1. The van der Waals surface area contributed by atoms with Gasteiger partial charge in [0.2, 0.25) is 0 Å². The standard InChI is InChI=1S/C10H13NO/c11-10-7-5-12-8-4-2-1-3-6(8)9(7)10/h1-4,6-10H,5,11H2. The van der Waals surface area contributed by atoms with Crippen LogP contribution in [0.5, 0.6) is 0 Å². The lowest BCUT2D eigenvalue weighted by Gasteiger charge is -2.28. The van der Waals surface area contributed by atoms with Crippen LogP contribution in [-0.2, 0) is 4.74 Å². The molecule has 2 fully saturated rings. The molecular formula is C10H13NO. The van der Waals surface area contributed by atoms with Crippen LogP contribution in [0.4, 0.5) is 0 Å². The molecule has 2 N–H and O–H groups in total. The first-order valence-electron chi connectivity index (χ1n) is 4.60. The first kappa shape index (κ1) is 6.87. The van der Waals surface area contributed by atoms with Crippen LogP contribution in [0.2, 0.25) is 0 Å². The summed E-state index contributed by atoms with van der Waals surface area (Å²) in [5.41, 5.74) is 5.94. The van der Waals surface area contributed by atoms with Crippen LogP contribution in [-0.4, -0.2) is 18.8 Å². The fraction of sp³-hybridized carbons (Fsp3) is 0.600. The summed E-state index contributed by atoms with van der Waals surface area (Å²) in [4.78, 5) is 0. The highest BCUT2D eigenvalue weighted by molar-refractivity contribution is 5.23. The van der Waals surface area contributed by atoms with Crippen LogP contribution < -0.4 is 5.73 Å². The van der Waals surface area contributed by atoms with Gasteiger partial charge in [-0.15, -0.1) is 0 Å². The minimum atomic E-state index is 0.310. The Kier molecular flexibility index (Phi) is 1.26. The predicted octanol–water partition coefficient (Wildman–Crippen LogP) is 0.701. The third kappa shape index (κ3) is 0.767. The van der Waals surface area contributed by atoms with Crippen molar-refractivity contribution in [2.45, 2.75) is 12.1 Å². The Morgan fingerprint density at radius 3 is 3.00 bits per heavy atom. The van der Waals surface area contributed by atoms with Crippen molar-refractivity contribution in [3.8, 4) is 0 Å². The lowest BCUT2D eigenvalue weighted by molar-refractivity contribution is 0.0119. The van der Waals surface area contributed by atoms with Gasteiger partial charge in [0.05, 0.1) is 12.7 Å². The largest absolute Gasteiger partial charge is 0.373 e. The van der Waals surface area contributed by atoms with Gasteiger partial charge < -0.3 is 10.5 Å². The van der Waals surface area contributed by atoms with Crippen LogP contribution in [0.3, 0.4) is 0 Å². The van der Waals surface area contributed by atoms with Gasteiger partial charge in [0.25, 0.3) is 0 Å². The van der Waals surface area contributed by atoms with Gasteiger partial charge >= 0.3 is 0 Å². The van der Waals surface area contributed by atoms with Gasteiger partial charge in [0.1, 0.15) is 0 Å². The lowest BCUT2D eigenvalue weighted by atomic mass is 9.90. The number of hydrogen-bond donors (Lipinski definition) is 1. The zero-order valence-electron chi connectivity index (χ0n) is 6.89. The van der Waals surface area contributed by atoms with Crippen molar-refractivity contribution in [3.63, 3.8) is 0 Å². The van der Waals surface area contributed by atoms with Gasteiger partial charge in [0.15, 0.2) is 0 Å². The third-order valence-corrected chi connectivity index (χ3v) is 3.34. The quantitative estimate of drug-likeness (QED) is 0.570. The van der Waals surface area contributed by atoms with E-state index >= 15 is 0 Å². The SMILES string of the molecule is NC1C2COC3C=CC=CC3C12. The second-order valence-electron chi connectivity index (χ2n) is 3.96. The average Bonchev–Trinajstić information content (AvgIpc) is 2.78. The number of allylic oxidation sites excluding steroid dienone is 2. The maximum atomic E-state index is 5.94. The molecule has 1 saturated carbocycles. The van der Waals surface area contributed by atoms with Crippen molar-refractivity contribution < 1.29 is 4.74 Å². The number of ether oxygens (including phenoxy) is 1. The molecule has 2 aliphatic carbocycles. The maximum absolute atomic E-state index is 5.94. The van der Waals surface area contributed by atoms with E-state index in [2.05, 4.69) is 24.3 Å². The third-order valence-electron chi connectivity index (χ3n) is 3.34. The highest BCUT2D eigenvalue weighted by Gasteiger charge is 2.56. The Morgan fingerprint density at radius 1 is 1.25 bits per heavy atom. The zero-order chi connectivity index (χ0) is 8.13. The fourth-order valence-electron chi connectivity index (χ4n) is 2.53. The molecule has 0 amide bonds. The molecule has 0 aromatic heterocycles. The summed E-state index contributed by atoms with van der Waals surface area (Å²) in [6.07, 6.45) is 8.87. The summed E-state index contributed by atoms with van der Waals surface area (Å²) in [5, 5.41) is 0. The number of rotatable bonds is 0. The topological polar surface area (TPSA) is 35.2 Å². The molecule has 1 saturated heterocycles. The van der Waals surface area contributed by atoms with E-state index in [0.717, 1.165) is 6.61 Å². The second-order valence-corrected chi connectivity index (χ2v) is 3.96. The van der Waals surface area contributed by atoms with Crippen molar-refractivity contribution in [3.05, 3.63) is 24.3 Å². The van der Waals surface area contributed by atoms with E-state index in [4.69, 9.17) is 10.5 Å². The first-order chi connectivity index (χ1) is 5.88. The molecule has 1 aliphatic heterocycles. The van der Waals surface area contributed by atoms with Crippen LogP contribution in [0.25, 0.3) is 0 Å². The van der Waals surface area contributed by atoms with Gasteiger partial charge in [-0.3, -0.25) is 0 Å². The second kappa shape index (κ2) is 2.21. The molecule has 12 heavy (non-hydrogen) atoms. The summed E-state index contributed by atoms with van der Waals surface area (Å²) in [5.74, 6) is 1.90. The van der Waals surface area contributed by atoms with Crippen LogP contribution in [0, 0.1) is 17.8 Å². The monoisotopic (exact) mass is 163 g/mol. The summed E-state index contributed by atoms with van der Waals surface area (Å²) in [6.45, 7) is 0.866. The van der Waals surface area contributed by atoms with Gasteiger partial charge in [-0.1, -0.05) is 24.3 Å². The van der Waals surface area contributed by atoms with Crippen molar-refractivity contribution in [1.29, 1.82) is 0 Å². The Labute approximate surface area is 72.1 Å². The first-order valence-corrected chi connectivity index (χ1v) is 4.60. The normalized spacial score (nSPS) is 54.6. The highest BCUT2D eigenvalue weighted by Crippen LogP contribution is 2.50. The minimum Gasteiger partial charge on any atom is -0.373 e. The Bertz CT molecular complexity index is 259. The molecule has 0 aromatic carbocycles. The smallest absolute Gasteiger partial charge is 0.0825 e. The van der Waals surface area contributed by atoms with Crippen molar-refractivity contribution in [1.82, 2.24) is 0 Å². The molecule has 5 unspecified atom stereocenters. The molecular weight excluding hydrogens is 150 g/mol. The summed E-state index contributed by atoms with van der Waals surface area (Å²) < 4.78 is 5.69. The van der Waals surface area contributed by atoms with Crippen LogP contribution in [0.15, 0.2) is 24.3 Å². The molecule has 5 atom stereocenters. The Hall–Kier alpha value is -0.600. The molecule has 2 nitrogen and oxygen atoms in total. The van der Waals surface area contributed by atoms with E-state index in [1.54, 1.807) is 0 Å². The summed E-state index contributed by atoms with van der Waals surface area (Å²) in [6, 6.07) is 0.399. The van der Waals surface area contributed by atoms with E-state index in [0.29, 0.717) is 29.9 Å². The molecule has 64 valence electrons. The van der Waals surface area contributed by atoms with Gasteiger partial charge in [0, 0.05) is 17.9 Å². The zero-order valence-corrected chi connectivity index (χ0v) is 6.89. The number of fused-ring (bicyclic) bond motifs is 3. The molecule has 0 spiro atoms. The number of hydrogen-bond acceptors (Lipinski definition) is 2. The van der Waals surface area contributed by atoms with Gasteiger partial charge in [-0.25, -0.2) is 0 Å². The minimum absolute atomic E-state index is 0.310. The van der Waals surface area contributed by atoms with E-state index in [1.165, 1.54) is 0 Å². The van der Waals surface area contributed by atoms with Crippen molar-refractivity contribution >= 4 is 0 Å². The molecule has 1 heterocycles. The molecule has 0 bridgehead atoms. The van der Waals surface area contributed by atoms with Crippen LogP contribution >= 0.6 is 0 Å². The molecule has 3 rings (SSSR count). The van der Waals surface area contributed by atoms with Crippen LogP contribution in [0.1, 0.15) is 0 Å². The van der Waals surface area contributed by atoms with E-state index in [-0.39, 0.29) is 0 Å². The highest BCUT2D eigenvalue weighted by atomic mass is 16.5. The predicted molar refractivity (Wildman–Crippen MR) is 46.5 cm³/mol. The van der Waals surface area contributed by atoms with Crippen molar-refractivity contribution in [2.24, 2.45) is 23.5 Å². The average molecular weight is 163 g/mol. The summed E-state index contributed by atoms with van der Waals surface area (Å²) >= 11 is 0.